The zero-order chi connectivity index (χ0) is 16.6. The van der Waals surface area contributed by atoms with Crippen molar-refractivity contribution < 1.29 is 14.7 Å². The van der Waals surface area contributed by atoms with Gasteiger partial charge in [0, 0.05) is 11.8 Å². The van der Waals surface area contributed by atoms with E-state index in [-0.39, 0.29) is 5.75 Å². The maximum Gasteiger partial charge on any atom is 0.141 e. The third-order valence-corrected chi connectivity index (χ3v) is 3.83. The van der Waals surface area contributed by atoms with Crippen molar-refractivity contribution >= 4 is 11.6 Å². The van der Waals surface area contributed by atoms with Crippen LogP contribution < -0.4 is 0 Å². The van der Waals surface area contributed by atoms with Crippen molar-refractivity contribution in [2.75, 3.05) is 0 Å². The predicted molar refractivity (Wildman–Crippen MR) is 86.4 cm³/mol. The van der Waals surface area contributed by atoms with Crippen LogP contribution in [-0.4, -0.2) is 20.4 Å². The van der Waals surface area contributed by atoms with Crippen LogP contribution in [0.15, 0.2) is 41.1 Å². The molecule has 0 bridgehead atoms. The van der Waals surface area contributed by atoms with E-state index < -0.39 is 6.10 Å². The van der Waals surface area contributed by atoms with Crippen LogP contribution in [0.4, 0.5) is 0 Å². The Balaban J connectivity index is 2.05. The fourth-order valence-electron chi connectivity index (χ4n) is 2.55. The number of aromatic nitrogens is 2. The zero-order valence-corrected chi connectivity index (χ0v) is 13.4. The molecule has 1 atom stereocenters. The molecule has 118 valence electrons. The minimum Gasteiger partial charge on any atom is -0.508 e. The van der Waals surface area contributed by atoms with Gasteiger partial charge in [-0.25, -0.2) is 0 Å². The number of aromatic hydroxyl groups is 1. The van der Waals surface area contributed by atoms with Gasteiger partial charge in [-0.3, -0.25) is 4.98 Å². The van der Waals surface area contributed by atoms with Gasteiger partial charge in [0.05, 0.1) is 16.4 Å². The first-order chi connectivity index (χ1) is 11.0. The summed E-state index contributed by atoms with van der Waals surface area (Å²) in [5.74, 6) is 0.698. The van der Waals surface area contributed by atoms with Gasteiger partial charge in [-0.1, -0.05) is 16.8 Å². The molecule has 23 heavy (non-hydrogen) atoms. The Morgan fingerprint density at radius 2 is 1.96 bits per heavy atom. The standard InChI is InChI=1S/C17H15ClN2O3/c1-9-16(10(2)23-20-9)11-5-12(7-14(21)6-11)17(22)15-4-3-13(18)8-19-15/h3-8,17,21-22H,1-2H3. The number of rotatable bonds is 3. The third kappa shape index (κ3) is 3.06. The van der Waals surface area contributed by atoms with Crippen molar-refractivity contribution in [3.8, 4) is 16.9 Å². The van der Waals surface area contributed by atoms with Gasteiger partial charge in [0.1, 0.15) is 17.6 Å². The Kier molecular flexibility index (Phi) is 4.07. The van der Waals surface area contributed by atoms with Gasteiger partial charge in [-0.2, -0.15) is 0 Å². The summed E-state index contributed by atoms with van der Waals surface area (Å²) in [4.78, 5) is 4.12. The number of pyridine rings is 1. The summed E-state index contributed by atoms with van der Waals surface area (Å²) < 4.78 is 5.17. The Morgan fingerprint density at radius 3 is 2.57 bits per heavy atom. The summed E-state index contributed by atoms with van der Waals surface area (Å²) in [5, 5.41) is 24.9. The lowest BCUT2D eigenvalue weighted by Gasteiger charge is -2.13. The first-order valence-electron chi connectivity index (χ1n) is 7.02. The Hall–Kier alpha value is -2.37. The molecule has 2 aromatic heterocycles. The number of aryl methyl sites for hydroxylation is 2. The lowest BCUT2D eigenvalue weighted by atomic mass is 9.97. The third-order valence-electron chi connectivity index (χ3n) is 3.61. The number of phenols is 1. The topological polar surface area (TPSA) is 79.4 Å². The van der Waals surface area contributed by atoms with Crippen LogP contribution in [0.3, 0.4) is 0 Å². The smallest absolute Gasteiger partial charge is 0.141 e. The highest BCUT2D eigenvalue weighted by molar-refractivity contribution is 6.30. The van der Waals surface area contributed by atoms with E-state index >= 15 is 0 Å². The number of aliphatic hydroxyl groups is 1. The van der Waals surface area contributed by atoms with E-state index in [1.165, 1.54) is 12.3 Å². The van der Waals surface area contributed by atoms with Gasteiger partial charge in [0.25, 0.3) is 0 Å². The number of benzene rings is 1. The maximum atomic E-state index is 10.5. The Labute approximate surface area is 138 Å². The fourth-order valence-corrected chi connectivity index (χ4v) is 2.66. The van der Waals surface area contributed by atoms with Gasteiger partial charge in [0.2, 0.25) is 0 Å². The van der Waals surface area contributed by atoms with Crippen LogP contribution in [0.25, 0.3) is 11.1 Å². The quantitative estimate of drug-likeness (QED) is 0.763. The average Bonchev–Trinajstić information content (AvgIpc) is 2.85. The van der Waals surface area contributed by atoms with E-state index in [2.05, 4.69) is 10.1 Å². The maximum absolute atomic E-state index is 10.5. The second-order valence-corrected chi connectivity index (χ2v) is 5.75. The number of phenolic OH excluding ortho intramolecular Hbond substituents is 1. The van der Waals surface area contributed by atoms with Crippen molar-refractivity contribution in [2.45, 2.75) is 20.0 Å². The lowest BCUT2D eigenvalue weighted by molar-refractivity contribution is 0.215. The van der Waals surface area contributed by atoms with Crippen molar-refractivity contribution in [3.05, 3.63) is 64.3 Å². The molecule has 0 fully saturated rings. The second kappa shape index (κ2) is 6.02. The fraction of sp³-hybridized carbons (Fsp3) is 0.176. The summed E-state index contributed by atoms with van der Waals surface area (Å²) >= 11 is 5.81. The van der Waals surface area contributed by atoms with Crippen LogP contribution in [0.1, 0.15) is 28.8 Å². The number of hydrogen-bond acceptors (Lipinski definition) is 5. The molecule has 0 aliphatic rings. The van der Waals surface area contributed by atoms with Crippen LogP contribution in [0.5, 0.6) is 5.75 Å². The number of nitrogens with zero attached hydrogens (tertiary/aromatic N) is 2. The molecule has 3 rings (SSSR count). The molecule has 0 amide bonds. The van der Waals surface area contributed by atoms with E-state index in [4.69, 9.17) is 16.1 Å². The summed E-state index contributed by atoms with van der Waals surface area (Å²) in [5.41, 5.74) is 3.22. The molecule has 0 radical (unpaired) electrons. The Bertz CT molecular complexity index is 824. The van der Waals surface area contributed by atoms with Crippen LogP contribution in [0, 0.1) is 13.8 Å². The number of halogens is 1. The molecule has 1 aromatic carbocycles. The first-order valence-corrected chi connectivity index (χ1v) is 7.40. The SMILES string of the molecule is Cc1noc(C)c1-c1cc(O)cc(C(O)c2ccc(Cl)cn2)c1. The van der Waals surface area contributed by atoms with Crippen LogP contribution >= 0.6 is 11.6 Å². The summed E-state index contributed by atoms with van der Waals surface area (Å²) in [6.07, 6.45) is 0.497. The summed E-state index contributed by atoms with van der Waals surface area (Å²) in [6, 6.07) is 8.20. The Morgan fingerprint density at radius 1 is 1.17 bits per heavy atom. The minimum atomic E-state index is -0.974. The van der Waals surface area contributed by atoms with Gasteiger partial charge in [0.15, 0.2) is 0 Å². The van der Waals surface area contributed by atoms with Crippen LogP contribution in [-0.2, 0) is 0 Å². The van der Waals surface area contributed by atoms with Gasteiger partial charge >= 0.3 is 0 Å². The van der Waals surface area contributed by atoms with E-state index in [1.807, 2.05) is 6.92 Å². The van der Waals surface area contributed by atoms with Gasteiger partial charge in [-0.05, 0) is 55.3 Å². The van der Waals surface area contributed by atoms with Crippen LogP contribution in [0.2, 0.25) is 5.02 Å². The van der Waals surface area contributed by atoms with Crippen molar-refractivity contribution in [1.29, 1.82) is 0 Å². The molecule has 6 heteroatoms. The molecule has 2 N–H and O–H groups in total. The highest BCUT2D eigenvalue weighted by atomic mass is 35.5. The summed E-state index contributed by atoms with van der Waals surface area (Å²) in [6.45, 7) is 3.63. The van der Waals surface area contributed by atoms with Gasteiger partial charge in [-0.15, -0.1) is 0 Å². The van der Waals surface area contributed by atoms with Crippen molar-refractivity contribution in [2.24, 2.45) is 0 Å². The number of aliphatic hydroxyl groups excluding tert-OH is 1. The van der Waals surface area contributed by atoms with E-state index in [0.717, 1.165) is 16.8 Å². The molecule has 0 aliphatic carbocycles. The molecule has 5 nitrogen and oxygen atoms in total. The molecule has 0 saturated heterocycles. The highest BCUT2D eigenvalue weighted by Crippen LogP contribution is 2.33. The van der Waals surface area contributed by atoms with Gasteiger partial charge < -0.3 is 14.7 Å². The highest BCUT2D eigenvalue weighted by Gasteiger charge is 2.17. The molecule has 2 heterocycles. The zero-order valence-electron chi connectivity index (χ0n) is 12.6. The molecule has 0 spiro atoms. The largest absolute Gasteiger partial charge is 0.508 e. The molecular formula is C17H15ClN2O3. The molecule has 0 saturated carbocycles. The van der Waals surface area contributed by atoms with E-state index in [0.29, 0.717) is 22.0 Å². The first kappa shape index (κ1) is 15.5. The summed E-state index contributed by atoms with van der Waals surface area (Å²) in [7, 11) is 0. The lowest BCUT2D eigenvalue weighted by Crippen LogP contribution is -2.02. The molecule has 3 aromatic rings. The molecule has 0 aliphatic heterocycles. The normalized spacial score (nSPS) is 12.3. The van der Waals surface area contributed by atoms with Crippen molar-refractivity contribution in [1.82, 2.24) is 10.1 Å². The molecule has 1 unspecified atom stereocenters. The minimum absolute atomic E-state index is 0.0468. The van der Waals surface area contributed by atoms with Crippen molar-refractivity contribution in [3.63, 3.8) is 0 Å². The van der Waals surface area contributed by atoms with E-state index in [9.17, 15) is 10.2 Å². The average molecular weight is 331 g/mol. The molecular weight excluding hydrogens is 316 g/mol. The monoisotopic (exact) mass is 330 g/mol. The second-order valence-electron chi connectivity index (χ2n) is 5.32. The number of hydrogen-bond donors (Lipinski definition) is 2. The predicted octanol–water partition coefficient (Wildman–Crippen LogP) is 3.79. The van der Waals surface area contributed by atoms with E-state index in [1.54, 1.807) is 31.2 Å².